The maximum atomic E-state index is 13.0. The number of thioether (sulfide) groups is 1. The lowest BCUT2D eigenvalue weighted by Crippen LogP contribution is -2.74. The summed E-state index contributed by atoms with van der Waals surface area (Å²) in [7, 11) is 0. The van der Waals surface area contributed by atoms with Gasteiger partial charge >= 0.3 is 5.97 Å². The molecule has 3 unspecified atom stereocenters. The number of rotatable bonds is 15. The van der Waals surface area contributed by atoms with Crippen molar-refractivity contribution < 1.29 is 43.0 Å². The van der Waals surface area contributed by atoms with Crippen LogP contribution in [-0.2, 0) is 28.7 Å². The van der Waals surface area contributed by atoms with Crippen molar-refractivity contribution in [3.63, 3.8) is 0 Å². The zero-order valence-electron chi connectivity index (χ0n) is 22.6. The Bertz CT molecular complexity index is 1350. The number of hydrogen-bond donors (Lipinski definition) is 2. The molecule has 3 rings (SSSR count). The first-order chi connectivity index (χ1) is 20.1. The fraction of sp³-hybridized carbons (Fsp3) is 0.321. The first kappa shape index (κ1) is 32.5. The highest BCUT2D eigenvalue weighted by molar-refractivity contribution is 9.09. The lowest BCUT2D eigenvalue weighted by Gasteiger charge is -2.48. The molecule has 0 aliphatic carbocycles. The summed E-state index contributed by atoms with van der Waals surface area (Å²) in [4.78, 5) is 86.9. The first-order valence-corrected chi connectivity index (χ1v) is 14.7. The van der Waals surface area contributed by atoms with Gasteiger partial charge < -0.3 is 25.0 Å². The normalized spacial score (nSPS) is 16.6. The molecule has 0 radical (unpaired) electrons. The highest BCUT2D eigenvalue weighted by Gasteiger charge is 2.55. The maximum Gasteiger partial charge on any atom is 0.338 e. The minimum absolute atomic E-state index is 0.0483. The number of aldehydes is 1. The number of amides is 3. The van der Waals surface area contributed by atoms with Crippen LogP contribution in [0, 0.1) is 0 Å². The molecule has 2 aromatic carbocycles. The van der Waals surface area contributed by atoms with Crippen molar-refractivity contribution in [2.75, 3.05) is 18.7 Å². The molecule has 0 saturated carbocycles. The summed E-state index contributed by atoms with van der Waals surface area (Å²) in [5.74, 6) is -3.28. The number of ether oxygens (including phenoxy) is 2. The van der Waals surface area contributed by atoms with Gasteiger partial charge in [-0.2, -0.15) is 0 Å². The molecule has 1 saturated heterocycles. The molecule has 12 nitrogen and oxygen atoms in total. The van der Waals surface area contributed by atoms with E-state index in [1.165, 1.54) is 12.1 Å². The van der Waals surface area contributed by atoms with E-state index in [-0.39, 0.29) is 16.5 Å². The molecule has 0 aromatic heterocycles. The first-order valence-electron chi connectivity index (χ1n) is 12.6. The van der Waals surface area contributed by atoms with Gasteiger partial charge in [-0.15, -0.1) is 0 Å². The zero-order chi connectivity index (χ0) is 30.8. The summed E-state index contributed by atoms with van der Waals surface area (Å²) in [5, 5.41) is 3.37. The van der Waals surface area contributed by atoms with E-state index in [1.807, 2.05) is 26.0 Å². The Labute approximate surface area is 254 Å². The van der Waals surface area contributed by atoms with Crippen LogP contribution in [-0.4, -0.2) is 82.4 Å². The Hall–Kier alpha value is -4.04. The van der Waals surface area contributed by atoms with Crippen LogP contribution in [0.4, 0.5) is 0 Å². The summed E-state index contributed by atoms with van der Waals surface area (Å²) in [6.07, 6.45) is 0.497. The van der Waals surface area contributed by atoms with E-state index >= 15 is 0 Å². The predicted octanol–water partition coefficient (Wildman–Crippen LogP) is 1.84. The molecule has 2 aromatic rings. The second-order valence-electron chi connectivity index (χ2n) is 9.25. The van der Waals surface area contributed by atoms with Crippen LogP contribution >= 0.6 is 27.7 Å². The van der Waals surface area contributed by atoms with E-state index in [0.717, 1.165) is 10.5 Å². The summed E-state index contributed by atoms with van der Waals surface area (Å²) < 4.78 is 10.5. The Morgan fingerprint density at radius 3 is 2.38 bits per heavy atom. The van der Waals surface area contributed by atoms with Gasteiger partial charge in [-0.1, -0.05) is 71.9 Å². The van der Waals surface area contributed by atoms with Crippen LogP contribution in [0.5, 0.6) is 5.75 Å². The quantitative estimate of drug-likeness (QED) is 0.0718. The molecule has 3 atom stereocenters. The summed E-state index contributed by atoms with van der Waals surface area (Å²) in [5.41, 5.74) is 1.68. The lowest BCUT2D eigenvalue weighted by molar-refractivity contribution is -0.167. The van der Waals surface area contributed by atoms with Crippen LogP contribution in [0.15, 0.2) is 48.5 Å². The molecule has 2 N–H and O–H groups in total. The number of β-lactam (4-membered cyclic amide) rings is 1. The second-order valence-corrected chi connectivity index (χ2v) is 10.8. The zero-order valence-corrected chi connectivity index (χ0v) is 25.0. The van der Waals surface area contributed by atoms with Crippen LogP contribution < -0.4 is 15.4 Å². The Morgan fingerprint density at radius 1 is 1.07 bits per heavy atom. The van der Waals surface area contributed by atoms with Crippen molar-refractivity contribution in [2.45, 2.75) is 37.2 Å². The maximum absolute atomic E-state index is 13.0. The highest BCUT2D eigenvalue weighted by atomic mass is 79.9. The Balaban J connectivity index is 1.62. The van der Waals surface area contributed by atoms with E-state index < -0.39 is 60.3 Å². The number of nitrogens with one attached hydrogen (secondary N) is 2. The fourth-order valence-electron chi connectivity index (χ4n) is 4.03. The van der Waals surface area contributed by atoms with Gasteiger partial charge in [0.15, 0.2) is 37.1 Å². The third-order valence-corrected chi connectivity index (χ3v) is 7.67. The molecular weight excluding hydrogens is 634 g/mol. The molecule has 3 amide bonds. The Morgan fingerprint density at radius 2 is 1.76 bits per heavy atom. The van der Waals surface area contributed by atoms with E-state index in [4.69, 9.17) is 9.47 Å². The monoisotopic (exact) mass is 661 g/mol. The number of alkyl halides is 1. The van der Waals surface area contributed by atoms with Gasteiger partial charge in [-0.25, -0.2) is 4.79 Å². The molecule has 1 heterocycles. The highest BCUT2D eigenvalue weighted by Crippen LogP contribution is 2.32. The predicted molar refractivity (Wildman–Crippen MR) is 156 cm³/mol. The number of halogens is 1. The third-order valence-electron chi connectivity index (χ3n) is 6.23. The number of esters is 1. The molecule has 0 spiro atoms. The van der Waals surface area contributed by atoms with Crippen molar-refractivity contribution >= 4 is 69.1 Å². The largest absolute Gasteiger partial charge is 0.484 e. The molecule has 1 aliphatic rings. The van der Waals surface area contributed by atoms with Gasteiger partial charge in [-0.3, -0.25) is 28.8 Å². The summed E-state index contributed by atoms with van der Waals surface area (Å²) in [6.45, 7) is 3.00. The third kappa shape index (κ3) is 7.82. The van der Waals surface area contributed by atoms with Crippen LogP contribution in [0.3, 0.4) is 0 Å². The summed E-state index contributed by atoms with van der Waals surface area (Å²) in [6, 6.07) is 10.2. The van der Waals surface area contributed by atoms with Gasteiger partial charge in [0.2, 0.25) is 5.91 Å². The number of hydrogen-bond acceptors (Lipinski definition) is 10. The van der Waals surface area contributed by atoms with Crippen LogP contribution in [0.25, 0.3) is 0 Å². The van der Waals surface area contributed by atoms with Crippen molar-refractivity contribution in [3.8, 4) is 5.75 Å². The average Bonchev–Trinajstić information content (AvgIpc) is 3.00. The van der Waals surface area contributed by atoms with Crippen LogP contribution in [0.1, 0.15) is 46.0 Å². The second kappa shape index (κ2) is 15.3. The molecule has 0 bridgehead atoms. The SMILES string of the molecule is CC(C)c1ccc(OCC(=O)NC2C(=O)N(C(C(=O)CBr)C(=O)OCNC(=O)c3ccccc3C=O)C2SC=O)cc1. The van der Waals surface area contributed by atoms with Crippen molar-refractivity contribution in [1.82, 2.24) is 15.5 Å². The number of likely N-dealkylation sites (tertiary alicyclic amines) is 1. The van der Waals surface area contributed by atoms with Gasteiger partial charge in [0.05, 0.1) is 5.33 Å². The topological polar surface area (TPSA) is 165 Å². The fourth-order valence-corrected chi connectivity index (χ4v) is 5.15. The molecular formula is C28H28BrN3O9S. The van der Waals surface area contributed by atoms with E-state index in [0.29, 0.717) is 35.3 Å². The molecule has 42 heavy (non-hydrogen) atoms. The van der Waals surface area contributed by atoms with Gasteiger partial charge in [0.1, 0.15) is 17.2 Å². The Kier molecular flexibility index (Phi) is 11.8. The number of carbonyl (C=O) groups excluding carboxylic acids is 7. The van der Waals surface area contributed by atoms with Gasteiger partial charge in [0.25, 0.3) is 11.8 Å². The minimum Gasteiger partial charge on any atom is -0.484 e. The van der Waals surface area contributed by atoms with E-state index in [2.05, 4.69) is 26.6 Å². The number of benzene rings is 2. The van der Waals surface area contributed by atoms with E-state index in [9.17, 15) is 33.6 Å². The minimum atomic E-state index is -1.75. The van der Waals surface area contributed by atoms with Crippen molar-refractivity contribution in [1.29, 1.82) is 0 Å². The summed E-state index contributed by atoms with van der Waals surface area (Å²) >= 11 is 3.57. The number of carbonyl (C=O) groups is 7. The molecule has 1 aliphatic heterocycles. The number of Topliss-reactive ketones (excluding diaryl/α,β-unsaturated/α-hetero) is 1. The lowest BCUT2D eigenvalue weighted by atomic mass is 10.0. The molecule has 1 fully saturated rings. The number of ketones is 1. The average molecular weight is 663 g/mol. The van der Waals surface area contributed by atoms with Crippen molar-refractivity contribution in [3.05, 3.63) is 65.2 Å². The molecule has 14 heteroatoms. The number of nitrogens with zero attached hydrogens (tertiary/aromatic N) is 1. The molecule has 222 valence electrons. The van der Waals surface area contributed by atoms with Crippen molar-refractivity contribution in [2.24, 2.45) is 0 Å². The van der Waals surface area contributed by atoms with Gasteiger partial charge in [-0.05, 0) is 29.7 Å². The van der Waals surface area contributed by atoms with E-state index in [1.54, 1.807) is 24.3 Å². The smallest absolute Gasteiger partial charge is 0.338 e. The van der Waals surface area contributed by atoms with Gasteiger partial charge in [0, 0.05) is 11.1 Å². The standard InChI is InChI=1S/C28H28BrN3O9S/c1-16(2)17-7-9-19(10-8-17)40-13-22(36)31-23-26(38)32(27(23)42-15-34)24(21(35)11-29)28(39)41-14-30-25(37)20-6-4-3-5-18(20)12-33/h3-10,12,15-16,23-24,27H,11,13-14H2,1-2H3,(H,30,37)(H,31,36). The van der Waals surface area contributed by atoms with Crippen LogP contribution in [0.2, 0.25) is 0 Å².